The van der Waals surface area contributed by atoms with E-state index in [2.05, 4.69) is 11.4 Å². The molecule has 1 aromatic heterocycles. The number of anilines is 1. The highest BCUT2D eigenvalue weighted by molar-refractivity contribution is 7.14. The number of nitrogens with zero attached hydrogens (tertiary/aromatic N) is 2. The summed E-state index contributed by atoms with van der Waals surface area (Å²) in [5.74, 6) is 0.673. The van der Waals surface area contributed by atoms with Crippen molar-refractivity contribution in [2.75, 3.05) is 18.1 Å². The molecule has 5 nitrogen and oxygen atoms in total. The van der Waals surface area contributed by atoms with Crippen LogP contribution in [0.2, 0.25) is 0 Å². The SMILES string of the molecule is N#Cc1ccsc1N1CC[C@H](N[C@@H]2CCC[C@H]3OCC[C@H]23)C1=O. The minimum Gasteiger partial charge on any atom is -0.378 e. The minimum atomic E-state index is -0.118. The third-order valence-corrected chi connectivity index (χ3v) is 6.35. The second-order valence-corrected chi connectivity index (χ2v) is 7.54. The highest BCUT2D eigenvalue weighted by atomic mass is 32.1. The minimum absolute atomic E-state index is 0.116. The van der Waals surface area contributed by atoms with Gasteiger partial charge >= 0.3 is 0 Å². The Kier molecular flexibility index (Phi) is 4.10. The van der Waals surface area contributed by atoms with Gasteiger partial charge < -0.3 is 15.0 Å². The van der Waals surface area contributed by atoms with Crippen LogP contribution in [0.1, 0.15) is 37.7 Å². The summed E-state index contributed by atoms with van der Waals surface area (Å²) in [6.07, 6.45) is 5.78. The van der Waals surface area contributed by atoms with Gasteiger partial charge in [0, 0.05) is 25.1 Å². The average Bonchev–Trinajstić information content (AvgIpc) is 3.28. The molecule has 4 atom stereocenters. The van der Waals surface area contributed by atoms with Crippen LogP contribution in [0.3, 0.4) is 0 Å². The first kappa shape index (κ1) is 15.1. The summed E-state index contributed by atoms with van der Waals surface area (Å²) < 4.78 is 5.82. The third-order valence-electron chi connectivity index (χ3n) is 5.41. The van der Waals surface area contributed by atoms with E-state index in [1.807, 2.05) is 5.38 Å². The lowest BCUT2D eigenvalue weighted by Crippen LogP contribution is -2.50. The highest BCUT2D eigenvalue weighted by Crippen LogP contribution is 2.36. The standard InChI is InChI=1S/C17H21N3O2S/c18-10-11-6-9-23-17(11)20-7-4-14(16(20)21)19-13-2-1-3-15-12(13)5-8-22-15/h6,9,12-15,19H,1-5,7-8H2/t12-,13-,14+,15-/m1/s1. The maximum Gasteiger partial charge on any atom is 0.244 e. The number of ether oxygens (including phenoxy) is 1. The van der Waals surface area contributed by atoms with E-state index in [0.717, 1.165) is 37.3 Å². The number of hydrogen-bond acceptors (Lipinski definition) is 5. The number of carbonyl (C=O) groups is 1. The van der Waals surface area contributed by atoms with Gasteiger partial charge in [-0.25, -0.2) is 0 Å². The van der Waals surface area contributed by atoms with E-state index < -0.39 is 0 Å². The van der Waals surface area contributed by atoms with Crippen molar-refractivity contribution in [2.45, 2.75) is 50.3 Å². The summed E-state index contributed by atoms with van der Waals surface area (Å²) in [6.45, 7) is 1.56. The van der Waals surface area contributed by atoms with Crippen LogP contribution in [0.15, 0.2) is 11.4 Å². The molecule has 1 saturated carbocycles. The fourth-order valence-electron chi connectivity index (χ4n) is 4.27. The van der Waals surface area contributed by atoms with Gasteiger partial charge in [-0.15, -0.1) is 11.3 Å². The Bertz CT molecular complexity index is 638. The highest BCUT2D eigenvalue weighted by Gasteiger charge is 2.41. The predicted molar refractivity (Wildman–Crippen MR) is 88.4 cm³/mol. The normalized spacial score (nSPS) is 33.7. The van der Waals surface area contributed by atoms with Gasteiger partial charge in [0.1, 0.15) is 11.1 Å². The van der Waals surface area contributed by atoms with Crippen molar-refractivity contribution in [1.29, 1.82) is 5.26 Å². The maximum atomic E-state index is 12.8. The molecule has 0 unspecified atom stereocenters. The zero-order chi connectivity index (χ0) is 15.8. The molecule has 1 aliphatic carbocycles. The van der Waals surface area contributed by atoms with Gasteiger partial charge in [0.15, 0.2) is 0 Å². The molecule has 0 bridgehead atoms. The molecule has 3 heterocycles. The van der Waals surface area contributed by atoms with E-state index in [1.54, 1.807) is 11.0 Å². The van der Waals surface area contributed by atoms with Gasteiger partial charge in [-0.2, -0.15) is 5.26 Å². The van der Waals surface area contributed by atoms with Crippen LogP contribution in [0, 0.1) is 17.2 Å². The molecule has 1 aromatic rings. The molecule has 4 rings (SSSR count). The second-order valence-electron chi connectivity index (χ2n) is 6.65. The Morgan fingerprint density at radius 1 is 1.35 bits per heavy atom. The van der Waals surface area contributed by atoms with E-state index in [9.17, 15) is 10.1 Å². The first-order valence-corrected chi connectivity index (χ1v) is 9.32. The van der Waals surface area contributed by atoms with Crippen molar-refractivity contribution in [3.8, 4) is 6.07 Å². The molecule has 3 aliphatic rings. The fourth-order valence-corrected chi connectivity index (χ4v) is 5.15. The molecule has 1 N–H and O–H groups in total. The number of nitrogens with one attached hydrogen (secondary N) is 1. The van der Waals surface area contributed by atoms with E-state index in [-0.39, 0.29) is 11.9 Å². The van der Waals surface area contributed by atoms with Crippen LogP contribution in [-0.2, 0) is 9.53 Å². The van der Waals surface area contributed by atoms with Gasteiger partial charge in [-0.1, -0.05) is 0 Å². The van der Waals surface area contributed by atoms with Crippen LogP contribution < -0.4 is 10.2 Å². The summed E-state index contributed by atoms with van der Waals surface area (Å²) >= 11 is 1.47. The molecular formula is C17H21N3O2S. The van der Waals surface area contributed by atoms with Crippen LogP contribution in [0.5, 0.6) is 0 Å². The quantitative estimate of drug-likeness (QED) is 0.923. The predicted octanol–water partition coefficient (Wildman–Crippen LogP) is 2.27. The van der Waals surface area contributed by atoms with Crippen molar-refractivity contribution in [2.24, 2.45) is 5.92 Å². The number of thiophene rings is 1. The van der Waals surface area contributed by atoms with Crippen LogP contribution in [-0.4, -0.2) is 37.2 Å². The fraction of sp³-hybridized carbons (Fsp3) is 0.647. The number of amides is 1. The summed E-state index contributed by atoms with van der Waals surface area (Å²) in [5.41, 5.74) is 0.603. The molecule has 0 aromatic carbocycles. The van der Waals surface area contributed by atoms with Gasteiger partial charge in [0.2, 0.25) is 5.91 Å². The second kappa shape index (κ2) is 6.23. The zero-order valence-electron chi connectivity index (χ0n) is 13.0. The number of nitriles is 1. The van der Waals surface area contributed by atoms with Crippen molar-refractivity contribution in [3.63, 3.8) is 0 Å². The maximum absolute atomic E-state index is 12.8. The van der Waals surface area contributed by atoms with Gasteiger partial charge in [0.05, 0.1) is 17.7 Å². The first-order chi connectivity index (χ1) is 11.3. The molecule has 2 saturated heterocycles. The molecule has 23 heavy (non-hydrogen) atoms. The lowest BCUT2D eigenvalue weighted by atomic mass is 9.81. The van der Waals surface area contributed by atoms with Crippen molar-refractivity contribution >= 4 is 22.2 Å². The van der Waals surface area contributed by atoms with Gasteiger partial charge in [-0.3, -0.25) is 4.79 Å². The smallest absolute Gasteiger partial charge is 0.244 e. The van der Waals surface area contributed by atoms with E-state index in [1.165, 1.54) is 17.8 Å². The third kappa shape index (κ3) is 2.67. The van der Waals surface area contributed by atoms with Crippen LogP contribution in [0.4, 0.5) is 5.00 Å². The lowest BCUT2D eigenvalue weighted by Gasteiger charge is -2.34. The van der Waals surface area contributed by atoms with Crippen LogP contribution >= 0.6 is 11.3 Å². The number of carbonyl (C=O) groups excluding carboxylic acids is 1. The summed E-state index contributed by atoms with van der Waals surface area (Å²) in [5, 5.41) is 15.5. The van der Waals surface area contributed by atoms with Gasteiger partial charge in [-0.05, 0) is 43.6 Å². The lowest BCUT2D eigenvalue weighted by molar-refractivity contribution is -0.119. The Morgan fingerprint density at radius 3 is 3.13 bits per heavy atom. The Balaban J connectivity index is 1.45. The Morgan fingerprint density at radius 2 is 2.26 bits per heavy atom. The summed E-state index contributed by atoms with van der Waals surface area (Å²) in [7, 11) is 0. The number of hydrogen-bond donors (Lipinski definition) is 1. The average molecular weight is 331 g/mol. The van der Waals surface area contributed by atoms with Gasteiger partial charge in [0.25, 0.3) is 0 Å². The molecule has 2 aliphatic heterocycles. The molecule has 0 spiro atoms. The first-order valence-electron chi connectivity index (χ1n) is 8.44. The molecular weight excluding hydrogens is 310 g/mol. The zero-order valence-corrected chi connectivity index (χ0v) is 13.8. The van der Waals surface area contributed by atoms with Crippen molar-refractivity contribution in [1.82, 2.24) is 5.32 Å². The Hall–Kier alpha value is -1.42. The topological polar surface area (TPSA) is 65.4 Å². The Labute approximate surface area is 140 Å². The molecule has 122 valence electrons. The van der Waals surface area contributed by atoms with Crippen molar-refractivity contribution < 1.29 is 9.53 Å². The monoisotopic (exact) mass is 331 g/mol. The molecule has 0 radical (unpaired) electrons. The van der Waals surface area contributed by atoms with E-state index in [4.69, 9.17) is 4.74 Å². The molecule has 6 heteroatoms. The largest absolute Gasteiger partial charge is 0.378 e. The molecule has 1 amide bonds. The summed E-state index contributed by atoms with van der Waals surface area (Å²) in [6, 6.07) is 4.24. The number of fused-ring (bicyclic) bond motifs is 1. The summed E-state index contributed by atoms with van der Waals surface area (Å²) in [4.78, 5) is 14.6. The number of rotatable bonds is 3. The molecule has 3 fully saturated rings. The van der Waals surface area contributed by atoms with Crippen molar-refractivity contribution in [3.05, 3.63) is 17.0 Å². The van der Waals surface area contributed by atoms with E-state index in [0.29, 0.717) is 30.2 Å². The van der Waals surface area contributed by atoms with E-state index >= 15 is 0 Å². The van der Waals surface area contributed by atoms with Crippen LogP contribution in [0.25, 0.3) is 0 Å².